The second-order valence-corrected chi connectivity index (χ2v) is 9.66. The Kier molecular flexibility index (Phi) is 7.69. The molecule has 0 atom stereocenters. The van der Waals surface area contributed by atoms with Gasteiger partial charge in [-0.25, -0.2) is 4.98 Å². The Balaban J connectivity index is 1.29. The highest BCUT2D eigenvalue weighted by atomic mass is 16.5. The van der Waals surface area contributed by atoms with Gasteiger partial charge in [-0.1, -0.05) is 0 Å². The second kappa shape index (κ2) is 11.8. The van der Waals surface area contributed by atoms with E-state index in [1.807, 2.05) is 24.3 Å². The molecule has 2 N–H and O–H groups in total. The number of hydrogen-bond donors (Lipinski definition) is 2. The summed E-state index contributed by atoms with van der Waals surface area (Å²) in [4.78, 5) is 14.3. The van der Waals surface area contributed by atoms with Gasteiger partial charge in [-0.05, 0) is 54.6 Å². The number of benzene rings is 3. The van der Waals surface area contributed by atoms with Crippen LogP contribution in [-0.2, 0) is 9.47 Å². The van der Waals surface area contributed by atoms with E-state index >= 15 is 0 Å². The van der Waals surface area contributed by atoms with Crippen LogP contribution in [0.4, 0.5) is 34.5 Å². The maximum absolute atomic E-state index is 5.57. The van der Waals surface area contributed by atoms with Crippen molar-refractivity contribution in [2.45, 2.75) is 0 Å². The maximum atomic E-state index is 5.57. The molecule has 1 aromatic heterocycles. The average molecular weight is 543 g/mol. The van der Waals surface area contributed by atoms with Crippen LogP contribution < -0.4 is 29.9 Å². The molecule has 3 aromatic carbocycles. The third-order valence-corrected chi connectivity index (χ3v) is 7.21. The molecule has 4 aromatic rings. The maximum Gasteiger partial charge on any atom is 0.229 e. The number of fused-ring (bicyclic) bond motifs is 1. The van der Waals surface area contributed by atoms with Gasteiger partial charge < -0.3 is 39.4 Å². The Bertz CT molecular complexity index is 1440. The van der Waals surface area contributed by atoms with E-state index in [-0.39, 0.29) is 0 Å². The first-order valence-corrected chi connectivity index (χ1v) is 13.5. The predicted molar refractivity (Wildman–Crippen MR) is 158 cm³/mol. The zero-order chi connectivity index (χ0) is 27.3. The Hall–Kier alpha value is -4.28. The summed E-state index contributed by atoms with van der Waals surface area (Å²) in [6.45, 7) is 6.60. The molecule has 0 spiro atoms. The van der Waals surface area contributed by atoms with Gasteiger partial charge in [0.15, 0.2) is 11.5 Å². The summed E-state index contributed by atoms with van der Waals surface area (Å²) in [5.41, 5.74) is 4.90. The highest BCUT2D eigenvalue weighted by Crippen LogP contribution is 2.36. The molecule has 2 aliphatic heterocycles. The van der Waals surface area contributed by atoms with E-state index in [9.17, 15) is 0 Å². The van der Waals surface area contributed by atoms with Gasteiger partial charge in [0.1, 0.15) is 5.82 Å². The molecule has 3 heterocycles. The number of hydrogen-bond acceptors (Lipinski definition) is 10. The molecule has 0 saturated carbocycles. The first-order chi connectivity index (χ1) is 19.7. The smallest absolute Gasteiger partial charge is 0.229 e. The molecule has 0 bridgehead atoms. The number of methoxy groups -OCH3 is 2. The van der Waals surface area contributed by atoms with Crippen LogP contribution in [0.25, 0.3) is 10.9 Å². The van der Waals surface area contributed by atoms with Crippen molar-refractivity contribution >= 4 is 45.4 Å². The van der Waals surface area contributed by atoms with Gasteiger partial charge in [0.25, 0.3) is 0 Å². The topological polar surface area (TPSA) is 93.2 Å². The highest BCUT2D eigenvalue weighted by Gasteiger charge is 2.16. The zero-order valence-corrected chi connectivity index (χ0v) is 22.9. The van der Waals surface area contributed by atoms with Crippen LogP contribution in [0.1, 0.15) is 0 Å². The van der Waals surface area contributed by atoms with E-state index in [2.05, 4.69) is 56.8 Å². The number of ether oxygens (including phenoxy) is 4. The molecule has 208 valence electrons. The van der Waals surface area contributed by atoms with Crippen LogP contribution in [-0.4, -0.2) is 76.8 Å². The van der Waals surface area contributed by atoms with Gasteiger partial charge in [0.05, 0.1) is 46.2 Å². The number of rotatable bonds is 8. The minimum Gasteiger partial charge on any atom is -0.493 e. The molecule has 0 unspecified atom stereocenters. The number of aromatic nitrogens is 2. The Morgan fingerprint density at radius 1 is 0.650 bits per heavy atom. The van der Waals surface area contributed by atoms with Gasteiger partial charge in [-0.15, -0.1) is 0 Å². The average Bonchev–Trinajstić information content (AvgIpc) is 3.02. The molecule has 10 heteroatoms. The third-order valence-electron chi connectivity index (χ3n) is 7.21. The summed E-state index contributed by atoms with van der Waals surface area (Å²) in [5.74, 6) is 2.36. The van der Waals surface area contributed by atoms with E-state index in [1.165, 1.54) is 11.4 Å². The molecule has 2 aliphatic rings. The second-order valence-electron chi connectivity index (χ2n) is 9.66. The Labute approximate surface area is 233 Å². The molecule has 40 heavy (non-hydrogen) atoms. The molecular formula is C30H34N6O4. The van der Waals surface area contributed by atoms with Crippen LogP contribution in [0, 0.1) is 0 Å². The summed E-state index contributed by atoms with van der Waals surface area (Å²) in [7, 11) is 3.24. The third kappa shape index (κ3) is 5.68. The fraction of sp³-hybridized carbons (Fsp3) is 0.333. The van der Waals surface area contributed by atoms with Gasteiger partial charge in [0.2, 0.25) is 5.95 Å². The van der Waals surface area contributed by atoms with Crippen LogP contribution >= 0.6 is 0 Å². The van der Waals surface area contributed by atoms with Crippen LogP contribution in [0.3, 0.4) is 0 Å². The lowest BCUT2D eigenvalue weighted by Crippen LogP contribution is -2.36. The normalized spacial score (nSPS) is 15.7. The minimum atomic E-state index is 0.478. The predicted octanol–water partition coefficient (Wildman–Crippen LogP) is 4.81. The van der Waals surface area contributed by atoms with E-state index in [0.29, 0.717) is 23.3 Å². The summed E-state index contributed by atoms with van der Waals surface area (Å²) >= 11 is 0. The van der Waals surface area contributed by atoms with Crippen molar-refractivity contribution in [1.82, 2.24) is 9.97 Å². The van der Waals surface area contributed by atoms with Crippen LogP contribution in [0.2, 0.25) is 0 Å². The quantitative estimate of drug-likeness (QED) is 0.323. The van der Waals surface area contributed by atoms with Gasteiger partial charge in [-0.3, -0.25) is 0 Å². The lowest BCUT2D eigenvalue weighted by atomic mass is 10.2. The molecule has 0 amide bonds. The van der Waals surface area contributed by atoms with Crippen molar-refractivity contribution in [3.05, 3.63) is 60.7 Å². The summed E-state index contributed by atoms with van der Waals surface area (Å²) < 4.78 is 22.1. The number of nitrogens with one attached hydrogen (secondary N) is 2. The van der Waals surface area contributed by atoms with Crippen LogP contribution in [0.15, 0.2) is 60.7 Å². The number of morpholine rings is 2. The van der Waals surface area contributed by atoms with Crippen molar-refractivity contribution in [1.29, 1.82) is 0 Å². The number of anilines is 6. The standard InChI is InChI=1S/C30H34N6O4/c1-37-27-19-25-26(20-28(27)38-2)33-30(32-22-5-9-24(10-6-22)36-13-17-40-18-14-36)34-29(25)31-21-3-7-23(8-4-21)35-11-15-39-16-12-35/h3-10,19-20H,11-18H2,1-2H3,(H2,31,32,33,34). The summed E-state index contributed by atoms with van der Waals surface area (Å²) in [5, 5.41) is 7.69. The largest absolute Gasteiger partial charge is 0.493 e. The van der Waals surface area contributed by atoms with E-state index in [4.69, 9.17) is 28.9 Å². The lowest BCUT2D eigenvalue weighted by molar-refractivity contribution is 0.122. The minimum absolute atomic E-state index is 0.478. The molecule has 2 saturated heterocycles. The molecular weight excluding hydrogens is 508 g/mol. The first-order valence-electron chi connectivity index (χ1n) is 13.5. The molecule has 10 nitrogen and oxygen atoms in total. The van der Waals surface area contributed by atoms with Crippen molar-refractivity contribution in [2.75, 3.05) is 87.3 Å². The summed E-state index contributed by atoms with van der Waals surface area (Å²) in [6, 6.07) is 20.5. The number of nitrogens with zero attached hydrogens (tertiary/aromatic N) is 4. The molecule has 6 rings (SSSR count). The Morgan fingerprint density at radius 2 is 1.15 bits per heavy atom. The monoisotopic (exact) mass is 542 g/mol. The van der Waals surface area contributed by atoms with Crippen molar-refractivity contribution in [3.8, 4) is 11.5 Å². The van der Waals surface area contributed by atoms with Crippen molar-refractivity contribution < 1.29 is 18.9 Å². The fourth-order valence-electron chi connectivity index (χ4n) is 5.03. The van der Waals surface area contributed by atoms with E-state index in [1.54, 1.807) is 14.2 Å². The molecule has 0 radical (unpaired) electrons. The van der Waals surface area contributed by atoms with Gasteiger partial charge in [-0.2, -0.15) is 4.98 Å². The van der Waals surface area contributed by atoms with Crippen molar-refractivity contribution in [3.63, 3.8) is 0 Å². The Morgan fingerprint density at radius 3 is 1.68 bits per heavy atom. The highest BCUT2D eigenvalue weighted by molar-refractivity contribution is 5.94. The van der Waals surface area contributed by atoms with E-state index < -0.39 is 0 Å². The zero-order valence-electron chi connectivity index (χ0n) is 22.9. The molecule has 2 fully saturated rings. The summed E-state index contributed by atoms with van der Waals surface area (Å²) in [6.07, 6.45) is 0. The van der Waals surface area contributed by atoms with Gasteiger partial charge >= 0.3 is 0 Å². The first kappa shape index (κ1) is 26.0. The van der Waals surface area contributed by atoms with Crippen molar-refractivity contribution in [2.24, 2.45) is 0 Å². The SMILES string of the molecule is COc1cc2nc(Nc3ccc(N4CCOCC4)cc3)nc(Nc3ccc(N4CCOCC4)cc3)c2cc1OC. The van der Waals surface area contributed by atoms with E-state index in [0.717, 1.165) is 74.9 Å². The van der Waals surface area contributed by atoms with Crippen LogP contribution in [0.5, 0.6) is 11.5 Å². The lowest BCUT2D eigenvalue weighted by Gasteiger charge is -2.29. The molecule has 0 aliphatic carbocycles. The van der Waals surface area contributed by atoms with Gasteiger partial charge in [0, 0.05) is 60.4 Å². The fourth-order valence-corrected chi connectivity index (χ4v) is 5.03.